The second-order valence-corrected chi connectivity index (χ2v) is 12.2. The van der Waals surface area contributed by atoms with E-state index in [4.69, 9.17) is 5.73 Å². The highest BCUT2D eigenvalue weighted by molar-refractivity contribution is 8.01. The van der Waals surface area contributed by atoms with Gasteiger partial charge in [0.15, 0.2) is 0 Å². The van der Waals surface area contributed by atoms with Gasteiger partial charge in [-0.05, 0) is 118 Å². The standard InChI is InChI=1S/C27H37N3S/c1-29(18-25(28)27-15-19-12-20(16-27)14-21(13-19)17-27)10-2-3-11-30-23-8-4-6-22-7-5-9-24(31-30)26(22)23/h4-9,19-21,25H,2-3,10-18,28H2,1H3/t19?,20?,21?,25-,27?/m0/s1. The minimum Gasteiger partial charge on any atom is -0.326 e. The summed E-state index contributed by atoms with van der Waals surface area (Å²) < 4.78 is 2.50. The number of likely N-dealkylation sites (N-methyl/N-ethyl adjacent to an activating group) is 1. The fourth-order valence-electron chi connectivity index (χ4n) is 7.79. The number of nitrogens with two attached hydrogens (primary N) is 1. The Kier molecular flexibility index (Phi) is 5.24. The molecule has 7 rings (SSSR count). The van der Waals surface area contributed by atoms with Crippen molar-refractivity contribution < 1.29 is 0 Å². The van der Waals surface area contributed by atoms with Crippen LogP contribution in [0.4, 0.5) is 5.69 Å². The van der Waals surface area contributed by atoms with Crippen LogP contribution in [0.3, 0.4) is 0 Å². The second-order valence-electron chi connectivity index (χ2n) is 11.2. The van der Waals surface area contributed by atoms with E-state index in [2.05, 4.69) is 52.7 Å². The number of rotatable bonds is 8. The van der Waals surface area contributed by atoms with Crippen LogP contribution in [0.5, 0.6) is 0 Å². The summed E-state index contributed by atoms with van der Waals surface area (Å²) in [5, 5.41) is 2.80. The molecule has 0 spiro atoms. The Labute approximate surface area is 191 Å². The lowest BCUT2D eigenvalue weighted by Crippen LogP contribution is -2.57. The highest BCUT2D eigenvalue weighted by Gasteiger charge is 2.53. The van der Waals surface area contributed by atoms with Crippen LogP contribution >= 0.6 is 11.9 Å². The Bertz CT molecular complexity index is 916. The van der Waals surface area contributed by atoms with Crippen molar-refractivity contribution in [2.24, 2.45) is 28.9 Å². The average molecular weight is 436 g/mol. The summed E-state index contributed by atoms with van der Waals surface area (Å²) in [6, 6.07) is 13.7. The van der Waals surface area contributed by atoms with E-state index in [9.17, 15) is 0 Å². The molecular formula is C27H37N3S. The molecule has 3 nitrogen and oxygen atoms in total. The van der Waals surface area contributed by atoms with Gasteiger partial charge in [-0.15, -0.1) is 0 Å². The molecule has 5 aliphatic rings. The van der Waals surface area contributed by atoms with Crippen LogP contribution in [-0.4, -0.2) is 37.6 Å². The topological polar surface area (TPSA) is 32.5 Å². The summed E-state index contributed by atoms with van der Waals surface area (Å²) in [6.45, 7) is 3.36. The van der Waals surface area contributed by atoms with Crippen molar-refractivity contribution in [3.63, 3.8) is 0 Å². The Morgan fingerprint density at radius 3 is 2.42 bits per heavy atom. The van der Waals surface area contributed by atoms with Crippen LogP contribution in [0.1, 0.15) is 51.4 Å². The Hall–Kier alpha value is -1.23. The lowest BCUT2D eigenvalue weighted by Gasteiger charge is -2.59. The van der Waals surface area contributed by atoms with Gasteiger partial charge < -0.3 is 14.9 Å². The summed E-state index contributed by atoms with van der Waals surface area (Å²) in [7, 11) is 2.29. The molecule has 4 fully saturated rings. The van der Waals surface area contributed by atoms with Crippen LogP contribution in [-0.2, 0) is 0 Å². The van der Waals surface area contributed by atoms with E-state index < -0.39 is 0 Å². The fraction of sp³-hybridized carbons (Fsp3) is 0.630. The molecule has 0 aromatic heterocycles. The monoisotopic (exact) mass is 435 g/mol. The molecule has 2 N–H and O–H groups in total. The minimum absolute atomic E-state index is 0.368. The van der Waals surface area contributed by atoms with Crippen molar-refractivity contribution in [2.75, 3.05) is 31.0 Å². The Morgan fingerprint density at radius 2 is 1.71 bits per heavy atom. The zero-order chi connectivity index (χ0) is 21.0. The zero-order valence-electron chi connectivity index (χ0n) is 18.9. The Morgan fingerprint density at radius 1 is 1.03 bits per heavy atom. The predicted molar refractivity (Wildman–Crippen MR) is 132 cm³/mol. The highest BCUT2D eigenvalue weighted by Crippen LogP contribution is 2.61. The molecule has 2 aromatic rings. The van der Waals surface area contributed by atoms with Gasteiger partial charge in [0.05, 0.1) is 5.69 Å². The van der Waals surface area contributed by atoms with Gasteiger partial charge in [0.1, 0.15) is 0 Å². The van der Waals surface area contributed by atoms with Crippen LogP contribution in [0.15, 0.2) is 41.3 Å². The summed E-state index contributed by atoms with van der Waals surface area (Å²) >= 11 is 1.92. The van der Waals surface area contributed by atoms with Crippen molar-refractivity contribution in [1.29, 1.82) is 0 Å². The van der Waals surface area contributed by atoms with Gasteiger partial charge in [0, 0.05) is 29.4 Å². The van der Waals surface area contributed by atoms with Gasteiger partial charge in [0.2, 0.25) is 0 Å². The molecule has 4 aliphatic carbocycles. The first kappa shape index (κ1) is 20.4. The van der Waals surface area contributed by atoms with Gasteiger partial charge in [-0.2, -0.15) is 0 Å². The van der Waals surface area contributed by atoms with Gasteiger partial charge in [-0.3, -0.25) is 0 Å². The van der Waals surface area contributed by atoms with Crippen molar-refractivity contribution in [1.82, 2.24) is 4.90 Å². The molecule has 0 radical (unpaired) electrons. The number of hydrogen-bond acceptors (Lipinski definition) is 4. The first-order valence-corrected chi connectivity index (χ1v) is 13.3. The lowest BCUT2D eigenvalue weighted by molar-refractivity contribution is -0.0706. The molecule has 1 atom stereocenters. The molecule has 1 heterocycles. The number of anilines is 1. The maximum atomic E-state index is 6.92. The fourth-order valence-corrected chi connectivity index (χ4v) is 8.96. The van der Waals surface area contributed by atoms with Crippen molar-refractivity contribution in [3.05, 3.63) is 36.4 Å². The molecule has 166 valence electrons. The largest absolute Gasteiger partial charge is 0.326 e. The van der Waals surface area contributed by atoms with Gasteiger partial charge >= 0.3 is 0 Å². The molecule has 0 unspecified atom stereocenters. The highest BCUT2D eigenvalue weighted by atomic mass is 32.2. The quantitative estimate of drug-likeness (QED) is 0.412. The number of unbranched alkanes of at least 4 members (excludes halogenated alkanes) is 1. The third kappa shape index (κ3) is 3.69. The first-order valence-electron chi connectivity index (χ1n) is 12.5. The van der Waals surface area contributed by atoms with Crippen LogP contribution in [0.25, 0.3) is 10.8 Å². The van der Waals surface area contributed by atoms with Crippen molar-refractivity contribution in [3.8, 4) is 0 Å². The van der Waals surface area contributed by atoms with E-state index in [1.807, 2.05) is 11.9 Å². The first-order chi connectivity index (χ1) is 15.1. The SMILES string of the molecule is CN(CCCCN1Sc2cccc3cccc1c23)C[C@H](N)C12CC3CC(CC(C3)C1)C2. The summed E-state index contributed by atoms with van der Waals surface area (Å²) in [4.78, 5) is 3.93. The van der Waals surface area contributed by atoms with E-state index in [0.29, 0.717) is 11.5 Å². The lowest BCUT2D eigenvalue weighted by atomic mass is 9.48. The second kappa shape index (κ2) is 7.97. The normalized spacial score (nSPS) is 31.8. The molecule has 31 heavy (non-hydrogen) atoms. The predicted octanol–water partition coefficient (Wildman–Crippen LogP) is 5.92. The van der Waals surface area contributed by atoms with Crippen molar-refractivity contribution >= 4 is 28.4 Å². The Balaban J connectivity index is 0.993. The van der Waals surface area contributed by atoms with Gasteiger partial charge in [-0.1, -0.05) is 24.3 Å². The molecule has 4 saturated carbocycles. The third-order valence-corrected chi connectivity index (χ3v) is 9.99. The summed E-state index contributed by atoms with van der Waals surface area (Å²) in [5.41, 5.74) is 8.79. The number of hydrogen-bond donors (Lipinski definition) is 1. The summed E-state index contributed by atoms with van der Waals surface area (Å²) in [5.74, 6) is 2.98. The van der Waals surface area contributed by atoms with Crippen molar-refractivity contribution in [2.45, 2.75) is 62.3 Å². The average Bonchev–Trinajstić information content (AvgIpc) is 3.10. The molecule has 4 bridgehead atoms. The van der Waals surface area contributed by atoms with Crippen LogP contribution in [0, 0.1) is 23.2 Å². The third-order valence-electron chi connectivity index (χ3n) is 8.85. The summed E-state index contributed by atoms with van der Waals surface area (Å²) in [6.07, 6.45) is 11.3. The number of nitrogens with zero attached hydrogens (tertiary/aromatic N) is 2. The van der Waals surface area contributed by atoms with Crippen LogP contribution in [0.2, 0.25) is 0 Å². The van der Waals surface area contributed by atoms with Gasteiger partial charge in [0.25, 0.3) is 0 Å². The maximum absolute atomic E-state index is 6.92. The van der Waals surface area contributed by atoms with Crippen LogP contribution < -0.4 is 10.0 Å². The maximum Gasteiger partial charge on any atom is 0.0563 e. The van der Waals surface area contributed by atoms with E-state index >= 15 is 0 Å². The zero-order valence-corrected chi connectivity index (χ0v) is 19.7. The number of benzene rings is 2. The molecule has 0 amide bonds. The van der Waals surface area contributed by atoms with E-state index in [-0.39, 0.29) is 0 Å². The molecule has 0 saturated heterocycles. The smallest absolute Gasteiger partial charge is 0.0563 e. The molecule has 4 heteroatoms. The molecule has 2 aromatic carbocycles. The molecular weight excluding hydrogens is 398 g/mol. The minimum atomic E-state index is 0.368. The van der Waals surface area contributed by atoms with E-state index in [0.717, 1.165) is 37.4 Å². The van der Waals surface area contributed by atoms with E-state index in [1.54, 1.807) is 0 Å². The van der Waals surface area contributed by atoms with E-state index in [1.165, 1.54) is 72.7 Å². The van der Waals surface area contributed by atoms with Gasteiger partial charge in [-0.25, -0.2) is 0 Å². The molecule has 1 aliphatic heterocycles.